The van der Waals surface area contributed by atoms with E-state index in [-0.39, 0.29) is 11.8 Å². The van der Waals surface area contributed by atoms with Crippen LogP contribution in [0.5, 0.6) is 0 Å². The van der Waals surface area contributed by atoms with Crippen molar-refractivity contribution in [2.24, 2.45) is 0 Å². The largest absolute Gasteiger partial charge is 0.371 e. The standard InChI is InChI=1S/C21H26N2O.C18H22N2OS/c1-14-8-7-9-18(12-14)21(24)22-19-15(2)13-16(3)20(17(19)4)23-10-5-6-11-23;1-12-11-13(2)17(20-8-4-5-9-20)14(3)16(12)19-18(21)15-7-6-10-22-15/h7-9,12-13H,5-6,10-11H2,1-4H3,(H,22,24);6-7,10-11H,4-5,8-9H2,1-3H3,(H,19,21). The van der Waals surface area contributed by atoms with Crippen LogP contribution >= 0.6 is 11.3 Å². The number of carbonyl (C=O) groups is 2. The van der Waals surface area contributed by atoms with Gasteiger partial charge in [-0.05, 0) is 131 Å². The van der Waals surface area contributed by atoms with Crippen LogP contribution in [0.25, 0.3) is 0 Å². The van der Waals surface area contributed by atoms with Crippen molar-refractivity contribution in [2.75, 3.05) is 46.6 Å². The van der Waals surface area contributed by atoms with Gasteiger partial charge >= 0.3 is 0 Å². The van der Waals surface area contributed by atoms with Crippen molar-refractivity contribution >= 4 is 45.9 Å². The van der Waals surface area contributed by atoms with Crippen LogP contribution in [0.3, 0.4) is 0 Å². The van der Waals surface area contributed by atoms with E-state index in [1.54, 1.807) is 0 Å². The number of hydrogen-bond acceptors (Lipinski definition) is 5. The lowest BCUT2D eigenvalue weighted by Gasteiger charge is -2.26. The molecule has 0 spiro atoms. The van der Waals surface area contributed by atoms with Crippen LogP contribution in [0.2, 0.25) is 0 Å². The summed E-state index contributed by atoms with van der Waals surface area (Å²) in [5, 5.41) is 8.19. The van der Waals surface area contributed by atoms with Gasteiger partial charge in [-0.1, -0.05) is 35.9 Å². The summed E-state index contributed by atoms with van der Waals surface area (Å²) in [6.45, 7) is 19.2. The summed E-state index contributed by atoms with van der Waals surface area (Å²) < 4.78 is 0. The molecule has 1 aromatic heterocycles. The smallest absolute Gasteiger partial charge is 0.265 e. The van der Waals surface area contributed by atoms with Gasteiger partial charge in [-0.25, -0.2) is 0 Å². The summed E-state index contributed by atoms with van der Waals surface area (Å²) in [5.41, 5.74) is 13.5. The van der Waals surface area contributed by atoms with Gasteiger partial charge < -0.3 is 20.4 Å². The number of nitrogens with zero attached hydrogens (tertiary/aromatic N) is 2. The second-order valence-electron chi connectivity index (χ2n) is 12.9. The maximum atomic E-state index is 12.7. The van der Waals surface area contributed by atoms with E-state index in [4.69, 9.17) is 0 Å². The molecule has 2 saturated heterocycles. The van der Waals surface area contributed by atoms with Gasteiger partial charge in [0.15, 0.2) is 0 Å². The zero-order chi connectivity index (χ0) is 33.0. The third kappa shape index (κ3) is 7.31. The zero-order valence-electron chi connectivity index (χ0n) is 28.5. The second kappa shape index (κ2) is 14.5. The Morgan fingerprint density at radius 3 is 1.57 bits per heavy atom. The molecule has 7 heteroatoms. The molecule has 46 heavy (non-hydrogen) atoms. The first kappa shape index (κ1) is 33.3. The van der Waals surface area contributed by atoms with Gasteiger partial charge in [-0.3, -0.25) is 9.59 Å². The Kier molecular flexibility index (Phi) is 10.5. The van der Waals surface area contributed by atoms with Gasteiger partial charge in [0, 0.05) is 54.5 Å². The molecule has 3 heterocycles. The van der Waals surface area contributed by atoms with Crippen LogP contribution in [-0.2, 0) is 0 Å². The van der Waals surface area contributed by atoms with E-state index in [9.17, 15) is 9.59 Å². The van der Waals surface area contributed by atoms with Crippen LogP contribution in [0, 0.1) is 48.5 Å². The fraction of sp³-hybridized carbons (Fsp3) is 0.385. The Morgan fingerprint density at radius 2 is 1.11 bits per heavy atom. The van der Waals surface area contributed by atoms with E-state index in [1.165, 1.54) is 70.6 Å². The third-order valence-electron chi connectivity index (χ3n) is 9.21. The van der Waals surface area contributed by atoms with E-state index in [1.807, 2.05) is 48.7 Å². The Morgan fingerprint density at radius 1 is 0.609 bits per heavy atom. The molecule has 242 valence electrons. The number of thiophene rings is 1. The summed E-state index contributed by atoms with van der Waals surface area (Å²) >= 11 is 1.47. The minimum absolute atomic E-state index is 0.0163. The van der Waals surface area contributed by atoms with Crippen molar-refractivity contribution in [3.05, 3.63) is 103 Å². The lowest BCUT2D eigenvalue weighted by atomic mass is 10.0. The van der Waals surface area contributed by atoms with E-state index in [2.05, 4.69) is 74.1 Å². The van der Waals surface area contributed by atoms with Gasteiger partial charge in [-0.2, -0.15) is 0 Å². The summed E-state index contributed by atoms with van der Waals surface area (Å²) in [4.78, 5) is 30.7. The predicted molar refractivity (Wildman–Crippen MR) is 196 cm³/mol. The number of rotatable bonds is 6. The maximum Gasteiger partial charge on any atom is 0.265 e. The molecule has 4 aromatic rings. The Labute approximate surface area is 278 Å². The van der Waals surface area contributed by atoms with Crippen LogP contribution < -0.4 is 20.4 Å². The monoisotopic (exact) mass is 636 g/mol. The fourth-order valence-corrected chi connectivity index (χ4v) is 7.76. The molecule has 3 aromatic carbocycles. The van der Waals surface area contributed by atoms with Gasteiger partial charge in [0.2, 0.25) is 0 Å². The van der Waals surface area contributed by atoms with Crippen molar-refractivity contribution in [3.63, 3.8) is 0 Å². The fourth-order valence-electron chi connectivity index (χ4n) is 7.14. The van der Waals surface area contributed by atoms with Gasteiger partial charge in [0.1, 0.15) is 0 Å². The zero-order valence-corrected chi connectivity index (χ0v) is 29.3. The Hall–Kier alpha value is -4.10. The van der Waals surface area contributed by atoms with Crippen molar-refractivity contribution in [3.8, 4) is 0 Å². The van der Waals surface area contributed by atoms with Crippen molar-refractivity contribution in [1.82, 2.24) is 0 Å². The van der Waals surface area contributed by atoms with E-state index >= 15 is 0 Å². The third-order valence-corrected chi connectivity index (χ3v) is 10.1. The highest BCUT2D eigenvalue weighted by Crippen LogP contribution is 2.37. The summed E-state index contributed by atoms with van der Waals surface area (Å²) in [6, 6.07) is 15.9. The molecule has 0 saturated carbocycles. The molecule has 0 bridgehead atoms. The molecule has 6 rings (SSSR count). The normalized spacial score (nSPS) is 14.2. The van der Waals surface area contributed by atoms with Gasteiger partial charge in [0.25, 0.3) is 11.8 Å². The topological polar surface area (TPSA) is 64.7 Å². The first-order chi connectivity index (χ1) is 22.0. The number of anilines is 4. The van der Waals surface area contributed by atoms with Crippen molar-refractivity contribution in [2.45, 2.75) is 74.1 Å². The highest BCUT2D eigenvalue weighted by Gasteiger charge is 2.22. The number of benzene rings is 3. The number of hydrogen-bond donors (Lipinski definition) is 2. The van der Waals surface area contributed by atoms with Crippen LogP contribution in [0.15, 0.2) is 53.9 Å². The van der Waals surface area contributed by atoms with E-state index in [0.717, 1.165) is 59.1 Å². The molecule has 6 nitrogen and oxygen atoms in total. The maximum absolute atomic E-state index is 12.7. The van der Waals surface area contributed by atoms with Gasteiger partial charge in [-0.15, -0.1) is 11.3 Å². The number of aryl methyl sites for hydroxylation is 5. The van der Waals surface area contributed by atoms with E-state index < -0.39 is 0 Å². The van der Waals surface area contributed by atoms with Gasteiger partial charge in [0.05, 0.1) is 4.88 Å². The molecule has 0 radical (unpaired) electrons. The minimum atomic E-state index is -0.0406. The highest BCUT2D eigenvalue weighted by atomic mass is 32.1. The molecule has 2 fully saturated rings. The molecule has 0 atom stereocenters. The Bertz CT molecular complexity index is 1710. The molecule has 2 aliphatic heterocycles. The number of amides is 2. The number of nitrogens with one attached hydrogen (secondary N) is 2. The van der Waals surface area contributed by atoms with Crippen molar-refractivity contribution in [1.29, 1.82) is 0 Å². The summed E-state index contributed by atoms with van der Waals surface area (Å²) in [5.74, 6) is -0.0569. The average Bonchev–Trinajstić information content (AvgIpc) is 3.82. The lowest BCUT2D eigenvalue weighted by Crippen LogP contribution is -2.22. The second-order valence-corrected chi connectivity index (χ2v) is 13.8. The quantitative estimate of drug-likeness (QED) is 0.221. The minimum Gasteiger partial charge on any atom is -0.371 e. The molecule has 2 N–H and O–H groups in total. The van der Waals surface area contributed by atoms with Crippen molar-refractivity contribution < 1.29 is 9.59 Å². The lowest BCUT2D eigenvalue weighted by molar-refractivity contribution is 0.102. The van der Waals surface area contributed by atoms with Crippen LogP contribution in [0.4, 0.5) is 22.7 Å². The molecular weight excluding hydrogens is 589 g/mol. The Balaban J connectivity index is 0.000000182. The molecule has 0 aliphatic carbocycles. The van der Waals surface area contributed by atoms with E-state index in [0.29, 0.717) is 5.56 Å². The average molecular weight is 637 g/mol. The van der Waals surface area contributed by atoms with Crippen LogP contribution in [0.1, 0.15) is 84.7 Å². The molecule has 2 aliphatic rings. The number of carbonyl (C=O) groups excluding carboxylic acids is 2. The summed E-state index contributed by atoms with van der Waals surface area (Å²) in [7, 11) is 0. The predicted octanol–water partition coefficient (Wildman–Crippen LogP) is 9.30. The molecule has 2 amide bonds. The summed E-state index contributed by atoms with van der Waals surface area (Å²) in [6.07, 6.45) is 5.00. The highest BCUT2D eigenvalue weighted by molar-refractivity contribution is 7.12. The first-order valence-corrected chi connectivity index (χ1v) is 17.4. The SMILES string of the molecule is Cc1cc(C)c(N2CCCC2)c(C)c1NC(=O)c1cccs1.Cc1cccc(C(=O)Nc2c(C)cc(C)c(N3CCCC3)c2C)c1. The molecule has 0 unspecified atom stereocenters. The van der Waals surface area contributed by atoms with Crippen LogP contribution in [-0.4, -0.2) is 38.0 Å². The first-order valence-electron chi connectivity index (χ1n) is 16.5. The molecular formula is C39H48N4O2S.